The number of phosphoric acid groups is 1. The van der Waals surface area contributed by atoms with Gasteiger partial charge in [0.1, 0.15) is 12.4 Å². The van der Waals surface area contributed by atoms with Crippen LogP contribution in [0.4, 0.5) is 0 Å². The lowest BCUT2D eigenvalue weighted by atomic mass is 10.1. The van der Waals surface area contributed by atoms with Crippen LogP contribution in [0.3, 0.4) is 0 Å². The van der Waals surface area contributed by atoms with Gasteiger partial charge in [-0.2, -0.15) is 0 Å². The molecule has 0 saturated heterocycles. The van der Waals surface area contributed by atoms with E-state index in [9.17, 15) is 14.3 Å². The minimum atomic E-state index is -4.30. The smallest absolute Gasteiger partial charge is 0.460 e. The van der Waals surface area contributed by atoms with Crippen molar-refractivity contribution < 1.29 is 28.0 Å². The maximum absolute atomic E-state index is 11.9. The highest BCUT2D eigenvalue weighted by Crippen LogP contribution is 2.43. The number of hydrogen-bond donors (Lipinski definition) is 1. The molecule has 0 amide bonds. The van der Waals surface area contributed by atoms with Crippen LogP contribution >= 0.6 is 7.82 Å². The van der Waals surface area contributed by atoms with Gasteiger partial charge < -0.3 is 9.26 Å². The first-order valence-electron chi connectivity index (χ1n) is 7.52. The molecule has 2 aromatic carbocycles. The van der Waals surface area contributed by atoms with E-state index in [1.807, 2.05) is 30.3 Å². The van der Waals surface area contributed by atoms with Crippen molar-refractivity contribution in [2.75, 3.05) is 13.2 Å². The Morgan fingerprint density at radius 2 is 1.64 bits per heavy atom. The van der Waals surface area contributed by atoms with Crippen molar-refractivity contribution in [2.24, 2.45) is 0 Å². The summed E-state index contributed by atoms with van der Waals surface area (Å²) >= 11 is 0. The molecule has 0 spiro atoms. The molecule has 132 valence electrons. The van der Waals surface area contributed by atoms with Gasteiger partial charge in [-0.25, -0.2) is 9.36 Å². The van der Waals surface area contributed by atoms with Crippen molar-refractivity contribution in [3.8, 4) is 16.9 Å². The van der Waals surface area contributed by atoms with Gasteiger partial charge in [0.05, 0.1) is 6.61 Å². The number of carbonyl (C=O) groups excluding carboxylic acids is 1. The van der Waals surface area contributed by atoms with E-state index in [4.69, 9.17) is 13.8 Å². The third-order valence-electron chi connectivity index (χ3n) is 3.10. The zero-order valence-corrected chi connectivity index (χ0v) is 14.6. The van der Waals surface area contributed by atoms with Gasteiger partial charge in [-0.15, -0.1) is 0 Å². The van der Waals surface area contributed by atoms with Crippen LogP contribution in [0, 0.1) is 0 Å². The molecule has 25 heavy (non-hydrogen) atoms. The van der Waals surface area contributed by atoms with E-state index >= 15 is 0 Å². The summed E-state index contributed by atoms with van der Waals surface area (Å²) < 4.78 is 26.4. The fraction of sp³-hybridized carbons (Fsp3) is 0.167. The molecule has 0 saturated carbocycles. The highest BCUT2D eigenvalue weighted by Gasteiger charge is 2.23. The molecule has 1 atom stereocenters. The van der Waals surface area contributed by atoms with Crippen molar-refractivity contribution in [1.29, 1.82) is 0 Å². The Labute approximate surface area is 146 Å². The lowest BCUT2D eigenvalue weighted by Gasteiger charge is -2.13. The van der Waals surface area contributed by atoms with E-state index in [0.29, 0.717) is 0 Å². The molecule has 0 bridgehead atoms. The van der Waals surface area contributed by atoms with Gasteiger partial charge in [-0.05, 0) is 30.2 Å². The molecule has 0 heterocycles. The molecular formula is C18H19O6P. The monoisotopic (exact) mass is 362 g/mol. The second-order valence-electron chi connectivity index (χ2n) is 5.20. The van der Waals surface area contributed by atoms with E-state index < -0.39 is 13.8 Å². The fourth-order valence-corrected chi connectivity index (χ4v) is 2.65. The average molecular weight is 362 g/mol. The minimum absolute atomic E-state index is 0.174. The molecule has 1 N–H and O–H groups in total. The SMILES string of the molecule is C=C(C)C(=O)OCCOP(=O)(O)Oc1ccc(-c2ccccc2)cc1. The van der Waals surface area contributed by atoms with Crippen molar-refractivity contribution in [2.45, 2.75) is 6.92 Å². The normalized spacial score (nSPS) is 12.9. The minimum Gasteiger partial charge on any atom is -0.460 e. The Bertz CT molecular complexity index is 770. The van der Waals surface area contributed by atoms with E-state index in [1.165, 1.54) is 6.92 Å². The van der Waals surface area contributed by atoms with Gasteiger partial charge in [0, 0.05) is 5.57 Å². The van der Waals surface area contributed by atoms with E-state index in [1.54, 1.807) is 24.3 Å². The molecule has 0 aromatic heterocycles. The molecule has 0 aliphatic heterocycles. The summed E-state index contributed by atoms with van der Waals surface area (Å²) in [5, 5.41) is 0. The number of rotatable bonds is 8. The van der Waals surface area contributed by atoms with E-state index in [-0.39, 0.29) is 24.5 Å². The van der Waals surface area contributed by atoms with Gasteiger partial charge in [0.2, 0.25) is 0 Å². The van der Waals surface area contributed by atoms with Crippen LogP contribution in [0.15, 0.2) is 66.7 Å². The first-order chi connectivity index (χ1) is 11.9. The van der Waals surface area contributed by atoms with Crippen LogP contribution in [0.2, 0.25) is 0 Å². The van der Waals surface area contributed by atoms with Crippen molar-refractivity contribution in [1.82, 2.24) is 0 Å². The largest absolute Gasteiger partial charge is 0.527 e. The molecule has 0 aliphatic carbocycles. The van der Waals surface area contributed by atoms with Gasteiger partial charge in [-0.1, -0.05) is 49.0 Å². The Hall–Kier alpha value is -2.40. The van der Waals surface area contributed by atoms with Crippen molar-refractivity contribution in [3.63, 3.8) is 0 Å². The lowest BCUT2D eigenvalue weighted by molar-refractivity contribution is -0.139. The standard InChI is InChI=1S/C18H19O6P/c1-14(2)18(19)22-12-13-23-25(20,21)24-17-10-8-16(9-11-17)15-6-4-3-5-7-15/h3-11H,1,12-13H2,2H3,(H,20,21). The zero-order valence-electron chi connectivity index (χ0n) is 13.8. The average Bonchev–Trinajstić information content (AvgIpc) is 2.59. The Balaban J connectivity index is 1.86. The van der Waals surface area contributed by atoms with Gasteiger partial charge in [0.25, 0.3) is 0 Å². The third-order valence-corrected chi connectivity index (χ3v) is 4.05. The molecule has 7 heteroatoms. The highest BCUT2D eigenvalue weighted by atomic mass is 31.2. The predicted octanol–water partition coefficient (Wildman–Crippen LogP) is 3.97. The van der Waals surface area contributed by atoms with Crippen LogP contribution in [0.5, 0.6) is 5.75 Å². The van der Waals surface area contributed by atoms with Gasteiger partial charge in [0.15, 0.2) is 0 Å². The number of carbonyl (C=O) groups is 1. The molecule has 0 radical (unpaired) electrons. The van der Waals surface area contributed by atoms with Crippen LogP contribution in [0.1, 0.15) is 6.92 Å². The second kappa shape index (κ2) is 8.62. The molecule has 1 unspecified atom stereocenters. The number of esters is 1. The molecule has 2 aromatic rings. The molecule has 0 aliphatic rings. The maximum Gasteiger partial charge on any atom is 0.527 e. The molecule has 2 rings (SSSR count). The summed E-state index contributed by atoms with van der Waals surface area (Å²) in [7, 11) is -4.30. The van der Waals surface area contributed by atoms with Crippen LogP contribution in [0.25, 0.3) is 11.1 Å². The van der Waals surface area contributed by atoms with Crippen molar-refractivity contribution in [3.05, 3.63) is 66.7 Å². The number of ether oxygens (including phenoxy) is 1. The summed E-state index contributed by atoms with van der Waals surface area (Å²) in [5.41, 5.74) is 2.21. The first kappa shape index (κ1) is 18.9. The van der Waals surface area contributed by atoms with Crippen LogP contribution in [-0.2, 0) is 18.6 Å². The summed E-state index contributed by atoms with van der Waals surface area (Å²) in [6.45, 7) is 4.48. The number of hydrogen-bond acceptors (Lipinski definition) is 5. The van der Waals surface area contributed by atoms with Gasteiger partial charge in [-0.3, -0.25) is 9.42 Å². The van der Waals surface area contributed by atoms with E-state index in [2.05, 4.69) is 6.58 Å². The Morgan fingerprint density at radius 3 is 2.24 bits per heavy atom. The topological polar surface area (TPSA) is 82.1 Å². The predicted molar refractivity (Wildman–Crippen MR) is 94.1 cm³/mol. The van der Waals surface area contributed by atoms with Crippen LogP contribution < -0.4 is 4.52 Å². The fourth-order valence-electron chi connectivity index (χ4n) is 1.91. The van der Waals surface area contributed by atoms with Gasteiger partial charge >= 0.3 is 13.8 Å². The summed E-state index contributed by atoms with van der Waals surface area (Å²) in [6, 6.07) is 16.4. The summed E-state index contributed by atoms with van der Waals surface area (Å²) in [5.74, 6) is -0.391. The van der Waals surface area contributed by atoms with E-state index in [0.717, 1.165) is 11.1 Å². The quantitative estimate of drug-likeness (QED) is 0.331. The molecule has 0 fully saturated rings. The zero-order chi connectivity index (χ0) is 18.3. The highest BCUT2D eigenvalue weighted by molar-refractivity contribution is 7.47. The lowest BCUT2D eigenvalue weighted by Crippen LogP contribution is -2.11. The second-order valence-corrected chi connectivity index (χ2v) is 6.58. The molecular weight excluding hydrogens is 343 g/mol. The molecule has 6 nitrogen and oxygen atoms in total. The third kappa shape index (κ3) is 6.19. The van der Waals surface area contributed by atoms with Crippen LogP contribution in [-0.4, -0.2) is 24.1 Å². The number of phosphoric ester groups is 1. The Morgan fingerprint density at radius 1 is 1.04 bits per heavy atom. The summed E-state index contributed by atoms with van der Waals surface area (Å²) in [6.07, 6.45) is 0. The Kier molecular flexibility index (Phi) is 6.53. The summed E-state index contributed by atoms with van der Waals surface area (Å²) in [4.78, 5) is 20.8. The first-order valence-corrected chi connectivity index (χ1v) is 9.02. The maximum atomic E-state index is 11.9. The van der Waals surface area contributed by atoms with Crippen molar-refractivity contribution >= 4 is 13.8 Å². The number of benzene rings is 2.